The first-order valence-electron chi connectivity index (χ1n) is 6.49. The molecular formula is C14H20N2. The third-order valence-corrected chi connectivity index (χ3v) is 3.89. The van der Waals surface area contributed by atoms with Crippen molar-refractivity contribution in [3.63, 3.8) is 0 Å². The second-order valence-corrected chi connectivity index (χ2v) is 5.44. The second kappa shape index (κ2) is 4.08. The molecule has 0 spiro atoms. The lowest BCUT2D eigenvalue weighted by atomic mass is 9.98. The van der Waals surface area contributed by atoms with E-state index < -0.39 is 0 Å². The van der Waals surface area contributed by atoms with Crippen LogP contribution in [0.5, 0.6) is 0 Å². The maximum atomic E-state index is 4.40. The van der Waals surface area contributed by atoms with Crippen molar-refractivity contribution in [2.75, 3.05) is 11.9 Å². The maximum absolute atomic E-state index is 4.40. The largest absolute Gasteiger partial charge is 0.370 e. The van der Waals surface area contributed by atoms with Crippen LogP contribution >= 0.6 is 0 Å². The highest BCUT2D eigenvalue weighted by atomic mass is 15.0. The number of aryl methyl sites for hydroxylation is 1. The van der Waals surface area contributed by atoms with E-state index in [2.05, 4.69) is 29.4 Å². The number of pyridine rings is 1. The van der Waals surface area contributed by atoms with Crippen LogP contribution in [0.2, 0.25) is 0 Å². The molecule has 0 aromatic carbocycles. The Morgan fingerprint density at radius 2 is 1.94 bits per heavy atom. The molecule has 16 heavy (non-hydrogen) atoms. The molecule has 0 saturated heterocycles. The van der Waals surface area contributed by atoms with Crippen LogP contribution in [0, 0.1) is 24.7 Å². The van der Waals surface area contributed by atoms with Gasteiger partial charge in [0.15, 0.2) is 0 Å². The molecule has 1 N–H and O–H groups in total. The third kappa shape index (κ3) is 2.37. The summed E-state index contributed by atoms with van der Waals surface area (Å²) in [7, 11) is 0. The van der Waals surface area contributed by atoms with Crippen LogP contribution in [0.15, 0.2) is 18.3 Å². The molecule has 3 rings (SSSR count). The van der Waals surface area contributed by atoms with E-state index in [9.17, 15) is 0 Å². The number of nitrogens with one attached hydrogen (secondary N) is 1. The number of rotatable bonds is 5. The highest BCUT2D eigenvalue weighted by Crippen LogP contribution is 2.49. The Morgan fingerprint density at radius 1 is 1.25 bits per heavy atom. The number of hydrogen-bond donors (Lipinski definition) is 1. The summed E-state index contributed by atoms with van der Waals surface area (Å²) in [6, 6.07) is 4.21. The molecular weight excluding hydrogens is 196 g/mol. The van der Waals surface area contributed by atoms with Gasteiger partial charge in [-0.05, 0) is 62.0 Å². The van der Waals surface area contributed by atoms with E-state index in [0.717, 1.165) is 30.1 Å². The highest BCUT2D eigenvalue weighted by molar-refractivity contribution is 5.35. The Bertz CT molecular complexity index is 338. The first-order valence-corrected chi connectivity index (χ1v) is 6.49. The zero-order valence-electron chi connectivity index (χ0n) is 9.95. The molecule has 2 heteroatoms. The van der Waals surface area contributed by atoms with Gasteiger partial charge in [0.1, 0.15) is 5.82 Å². The quantitative estimate of drug-likeness (QED) is 0.817. The lowest BCUT2D eigenvalue weighted by Gasteiger charge is -2.16. The summed E-state index contributed by atoms with van der Waals surface area (Å²) in [5, 5.41) is 3.50. The van der Waals surface area contributed by atoms with Crippen LogP contribution in [0.4, 0.5) is 5.82 Å². The van der Waals surface area contributed by atoms with Crippen molar-refractivity contribution >= 4 is 5.82 Å². The summed E-state index contributed by atoms with van der Waals surface area (Å²) < 4.78 is 0. The summed E-state index contributed by atoms with van der Waals surface area (Å²) in [5.41, 5.74) is 1.23. The topological polar surface area (TPSA) is 24.9 Å². The molecule has 86 valence electrons. The van der Waals surface area contributed by atoms with E-state index in [1.54, 1.807) is 0 Å². The van der Waals surface area contributed by atoms with Gasteiger partial charge in [0.05, 0.1) is 0 Å². The van der Waals surface area contributed by atoms with E-state index in [4.69, 9.17) is 0 Å². The highest BCUT2D eigenvalue weighted by Gasteiger charge is 2.40. The van der Waals surface area contributed by atoms with E-state index in [1.165, 1.54) is 31.2 Å². The SMILES string of the molecule is Cc1ccc(NCC(C2CC2)C2CC2)nc1. The fourth-order valence-corrected chi connectivity index (χ4v) is 2.56. The number of nitrogens with zero attached hydrogens (tertiary/aromatic N) is 1. The standard InChI is InChI=1S/C14H20N2/c1-10-2-7-14(15-8-10)16-9-13(11-3-4-11)12-5-6-12/h2,7-8,11-13H,3-6,9H2,1H3,(H,15,16). The normalized spacial score (nSPS) is 20.1. The zero-order chi connectivity index (χ0) is 11.0. The first kappa shape index (κ1) is 10.1. The Labute approximate surface area is 97.5 Å². The molecule has 2 saturated carbocycles. The lowest BCUT2D eigenvalue weighted by molar-refractivity contribution is 0.427. The van der Waals surface area contributed by atoms with Gasteiger partial charge < -0.3 is 5.32 Å². The number of hydrogen-bond acceptors (Lipinski definition) is 2. The van der Waals surface area contributed by atoms with Gasteiger partial charge in [0, 0.05) is 12.7 Å². The number of anilines is 1. The van der Waals surface area contributed by atoms with Crippen LogP contribution < -0.4 is 5.32 Å². The molecule has 2 fully saturated rings. The van der Waals surface area contributed by atoms with Gasteiger partial charge in [0.2, 0.25) is 0 Å². The fourth-order valence-electron chi connectivity index (χ4n) is 2.56. The summed E-state index contributed by atoms with van der Waals surface area (Å²) in [6.45, 7) is 3.21. The fraction of sp³-hybridized carbons (Fsp3) is 0.643. The molecule has 0 atom stereocenters. The molecule has 1 aromatic heterocycles. The molecule has 2 aliphatic rings. The molecule has 0 unspecified atom stereocenters. The zero-order valence-corrected chi connectivity index (χ0v) is 9.95. The van der Waals surface area contributed by atoms with Gasteiger partial charge >= 0.3 is 0 Å². The van der Waals surface area contributed by atoms with Crippen molar-refractivity contribution in [3.8, 4) is 0 Å². The minimum absolute atomic E-state index is 0.920. The number of aromatic nitrogens is 1. The summed E-state index contributed by atoms with van der Waals surface area (Å²) in [6.07, 6.45) is 7.79. The van der Waals surface area contributed by atoms with E-state index >= 15 is 0 Å². The molecule has 0 aliphatic heterocycles. The van der Waals surface area contributed by atoms with Crippen LogP contribution in [-0.2, 0) is 0 Å². The molecule has 0 bridgehead atoms. The van der Waals surface area contributed by atoms with Crippen molar-refractivity contribution in [2.45, 2.75) is 32.6 Å². The van der Waals surface area contributed by atoms with E-state index in [1.807, 2.05) is 6.20 Å². The smallest absolute Gasteiger partial charge is 0.125 e. The van der Waals surface area contributed by atoms with Crippen molar-refractivity contribution < 1.29 is 0 Å². The predicted octanol–water partition coefficient (Wildman–Crippen LogP) is 3.24. The van der Waals surface area contributed by atoms with Crippen molar-refractivity contribution in [1.29, 1.82) is 0 Å². The van der Waals surface area contributed by atoms with Gasteiger partial charge in [0.25, 0.3) is 0 Å². The molecule has 0 amide bonds. The molecule has 2 aliphatic carbocycles. The van der Waals surface area contributed by atoms with Gasteiger partial charge in [-0.2, -0.15) is 0 Å². The predicted molar refractivity (Wildman–Crippen MR) is 66.4 cm³/mol. The van der Waals surface area contributed by atoms with E-state index in [0.29, 0.717) is 0 Å². The van der Waals surface area contributed by atoms with Gasteiger partial charge in [-0.3, -0.25) is 0 Å². The van der Waals surface area contributed by atoms with Gasteiger partial charge in [-0.25, -0.2) is 4.98 Å². The van der Waals surface area contributed by atoms with Gasteiger partial charge in [-0.1, -0.05) is 6.07 Å². The van der Waals surface area contributed by atoms with Crippen LogP contribution in [-0.4, -0.2) is 11.5 Å². The molecule has 1 aromatic rings. The summed E-state index contributed by atoms with van der Waals surface area (Å²) in [5.74, 6) is 4.00. The van der Waals surface area contributed by atoms with Gasteiger partial charge in [-0.15, -0.1) is 0 Å². The average Bonchev–Trinajstić information content (AvgIpc) is 3.15. The van der Waals surface area contributed by atoms with E-state index in [-0.39, 0.29) is 0 Å². The Morgan fingerprint density at radius 3 is 2.44 bits per heavy atom. The second-order valence-electron chi connectivity index (χ2n) is 5.44. The van der Waals surface area contributed by atoms with Crippen LogP contribution in [0.3, 0.4) is 0 Å². The van der Waals surface area contributed by atoms with Crippen LogP contribution in [0.1, 0.15) is 31.2 Å². The van der Waals surface area contributed by atoms with Crippen LogP contribution in [0.25, 0.3) is 0 Å². The average molecular weight is 216 g/mol. The van der Waals surface area contributed by atoms with Crippen molar-refractivity contribution in [1.82, 2.24) is 4.98 Å². The lowest BCUT2D eigenvalue weighted by Crippen LogP contribution is -2.18. The maximum Gasteiger partial charge on any atom is 0.125 e. The Kier molecular flexibility index (Phi) is 2.58. The first-order chi connectivity index (χ1) is 7.83. The minimum atomic E-state index is 0.920. The summed E-state index contributed by atoms with van der Waals surface area (Å²) in [4.78, 5) is 4.40. The monoisotopic (exact) mass is 216 g/mol. The summed E-state index contributed by atoms with van der Waals surface area (Å²) >= 11 is 0. The minimum Gasteiger partial charge on any atom is -0.370 e. The molecule has 2 nitrogen and oxygen atoms in total. The molecule has 0 radical (unpaired) electrons. The Balaban J connectivity index is 1.56. The van der Waals surface area contributed by atoms with Crippen molar-refractivity contribution in [3.05, 3.63) is 23.9 Å². The third-order valence-electron chi connectivity index (χ3n) is 3.89. The van der Waals surface area contributed by atoms with Crippen molar-refractivity contribution in [2.24, 2.45) is 17.8 Å². The Hall–Kier alpha value is -1.05. The molecule has 1 heterocycles.